The summed E-state index contributed by atoms with van der Waals surface area (Å²) in [6.07, 6.45) is 0.174. The van der Waals surface area contributed by atoms with Gasteiger partial charge in [0.1, 0.15) is 0 Å². The van der Waals surface area contributed by atoms with Gasteiger partial charge in [0.2, 0.25) is 5.91 Å². The quantitative estimate of drug-likeness (QED) is 0.684. The molecule has 1 heterocycles. The zero-order valence-electron chi connectivity index (χ0n) is 14.4. The van der Waals surface area contributed by atoms with Crippen molar-refractivity contribution >= 4 is 50.1 Å². The maximum atomic E-state index is 12.1. The Bertz CT molecular complexity index is 967. The molecule has 2 amide bonds. The number of rotatable bonds is 5. The van der Waals surface area contributed by atoms with Gasteiger partial charge in [0.15, 0.2) is 5.13 Å². The second-order valence-corrected chi connectivity index (χ2v) is 7.48. The molecule has 0 bridgehead atoms. The fraction of sp³-hybridized carbons (Fsp3) is 0.211. The van der Waals surface area contributed by atoms with E-state index in [1.807, 2.05) is 13.8 Å². The Morgan fingerprint density at radius 1 is 1.15 bits per heavy atom. The number of anilines is 1. The lowest BCUT2D eigenvalue weighted by atomic mass is 10.1. The first-order valence-corrected chi connectivity index (χ1v) is 9.33. The molecule has 7 heteroatoms. The van der Waals surface area contributed by atoms with Gasteiger partial charge in [0.25, 0.3) is 5.91 Å². The Balaban J connectivity index is 1.53. The van der Waals surface area contributed by atoms with Crippen molar-refractivity contribution in [3.63, 3.8) is 0 Å². The van der Waals surface area contributed by atoms with Crippen LogP contribution in [0.4, 0.5) is 5.13 Å². The van der Waals surface area contributed by atoms with Gasteiger partial charge in [-0.15, -0.1) is 0 Å². The van der Waals surface area contributed by atoms with E-state index in [0.29, 0.717) is 15.7 Å². The molecule has 0 aliphatic heterocycles. The van der Waals surface area contributed by atoms with Crippen molar-refractivity contribution < 1.29 is 9.59 Å². The van der Waals surface area contributed by atoms with Gasteiger partial charge < -0.3 is 10.6 Å². The van der Waals surface area contributed by atoms with Crippen LogP contribution in [0.15, 0.2) is 36.4 Å². The predicted octanol–water partition coefficient (Wildman–Crippen LogP) is 4.33. The van der Waals surface area contributed by atoms with E-state index in [0.717, 1.165) is 15.8 Å². The Labute approximate surface area is 160 Å². The van der Waals surface area contributed by atoms with Crippen molar-refractivity contribution in [3.8, 4) is 0 Å². The summed E-state index contributed by atoms with van der Waals surface area (Å²) in [6, 6.07) is 10.7. The summed E-state index contributed by atoms with van der Waals surface area (Å²) in [6.45, 7) is 4.29. The molecule has 0 aliphatic rings. The minimum Gasteiger partial charge on any atom is -0.352 e. The lowest BCUT2D eigenvalue weighted by molar-refractivity contribution is -0.116. The van der Waals surface area contributed by atoms with Crippen LogP contribution in [0.2, 0.25) is 5.02 Å². The zero-order chi connectivity index (χ0) is 18.7. The first-order chi connectivity index (χ1) is 12.4. The summed E-state index contributed by atoms with van der Waals surface area (Å²) in [7, 11) is 0. The minimum absolute atomic E-state index is 0.174. The van der Waals surface area contributed by atoms with Crippen molar-refractivity contribution in [2.24, 2.45) is 0 Å². The molecule has 2 aromatic carbocycles. The molecule has 3 aromatic rings. The maximum Gasteiger partial charge on any atom is 0.251 e. The number of aromatic nitrogens is 1. The number of aryl methyl sites for hydroxylation is 2. The minimum atomic E-state index is -0.236. The average molecular weight is 388 g/mol. The zero-order valence-corrected chi connectivity index (χ0v) is 16.0. The van der Waals surface area contributed by atoms with Crippen molar-refractivity contribution in [3.05, 3.63) is 58.1 Å². The number of hydrogen-bond acceptors (Lipinski definition) is 4. The number of fused-ring (bicyclic) bond motifs is 1. The Kier molecular flexibility index (Phi) is 5.54. The average Bonchev–Trinajstić information content (AvgIpc) is 2.97. The first-order valence-electron chi connectivity index (χ1n) is 8.14. The van der Waals surface area contributed by atoms with Crippen LogP contribution in [-0.4, -0.2) is 23.3 Å². The fourth-order valence-electron chi connectivity index (χ4n) is 2.60. The predicted molar refractivity (Wildman–Crippen MR) is 106 cm³/mol. The highest BCUT2D eigenvalue weighted by molar-refractivity contribution is 7.22. The van der Waals surface area contributed by atoms with Crippen LogP contribution < -0.4 is 10.6 Å². The van der Waals surface area contributed by atoms with Gasteiger partial charge in [0.05, 0.1) is 10.2 Å². The number of nitrogens with zero attached hydrogens (tertiary/aromatic N) is 1. The van der Waals surface area contributed by atoms with Crippen molar-refractivity contribution in [1.29, 1.82) is 0 Å². The molecule has 26 heavy (non-hydrogen) atoms. The summed E-state index contributed by atoms with van der Waals surface area (Å²) >= 11 is 7.25. The van der Waals surface area contributed by atoms with Crippen LogP contribution in [0.5, 0.6) is 0 Å². The number of carbonyl (C=O) groups is 2. The van der Waals surface area contributed by atoms with E-state index in [4.69, 9.17) is 11.6 Å². The summed E-state index contributed by atoms with van der Waals surface area (Å²) in [5.41, 5.74) is 3.67. The number of amides is 2. The summed E-state index contributed by atoms with van der Waals surface area (Å²) in [5, 5.41) is 6.66. The van der Waals surface area contributed by atoms with Gasteiger partial charge in [0, 0.05) is 23.6 Å². The molecular formula is C19H18ClN3O2S. The molecule has 2 N–H and O–H groups in total. The number of nitrogens with one attached hydrogen (secondary N) is 2. The van der Waals surface area contributed by atoms with E-state index in [2.05, 4.69) is 27.8 Å². The molecular weight excluding hydrogens is 370 g/mol. The second kappa shape index (κ2) is 7.85. The molecule has 0 saturated heterocycles. The lowest BCUT2D eigenvalue weighted by Crippen LogP contribution is -2.27. The van der Waals surface area contributed by atoms with Crippen molar-refractivity contribution in [2.45, 2.75) is 20.3 Å². The van der Waals surface area contributed by atoms with Gasteiger partial charge in [-0.1, -0.05) is 29.0 Å². The third-order valence-corrected chi connectivity index (χ3v) is 4.99. The topological polar surface area (TPSA) is 71.1 Å². The molecule has 0 fully saturated rings. The van der Waals surface area contributed by atoms with E-state index in [1.54, 1.807) is 24.3 Å². The van der Waals surface area contributed by atoms with E-state index in [1.165, 1.54) is 16.9 Å². The van der Waals surface area contributed by atoms with E-state index in [9.17, 15) is 9.59 Å². The molecule has 0 spiro atoms. The lowest BCUT2D eigenvalue weighted by Gasteiger charge is -2.05. The van der Waals surface area contributed by atoms with E-state index < -0.39 is 0 Å². The molecule has 0 atom stereocenters. The number of hydrogen-bond donors (Lipinski definition) is 2. The smallest absolute Gasteiger partial charge is 0.251 e. The van der Waals surface area contributed by atoms with Crippen LogP contribution in [0, 0.1) is 13.8 Å². The highest BCUT2D eigenvalue weighted by Crippen LogP contribution is 2.29. The maximum absolute atomic E-state index is 12.1. The van der Waals surface area contributed by atoms with Gasteiger partial charge >= 0.3 is 0 Å². The third-order valence-electron chi connectivity index (χ3n) is 3.82. The van der Waals surface area contributed by atoms with Gasteiger partial charge in [-0.3, -0.25) is 9.59 Å². The van der Waals surface area contributed by atoms with Gasteiger partial charge in [-0.2, -0.15) is 0 Å². The molecule has 1 aromatic heterocycles. The Morgan fingerprint density at radius 2 is 1.88 bits per heavy atom. The summed E-state index contributed by atoms with van der Waals surface area (Å²) in [4.78, 5) is 28.6. The van der Waals surface area contributed by atoms with Gasteiger partial charge in [-0.25, -0.2) is 4.98 Å². The van der Waals surface area contributed by atoms with Crippen LogP contribution in [0.3, 0.4) is 0 Å². The van der Waals surface area contributed by atoms with E-state index in [-0.39, 0.29) is 24.8 Å². The number of thiazole rings is 1. The molecule has 0 saturated carbocycles. The molecule has 134 valence electrons. The molecule has 3 rings (SSSR count). The molecule has 5 nitrogen and oxygen atoms in total. The van der Waals surface area contributed by atoms with E-state index >= 15 is 0 Å². The van der Waals surface area contributed by atoms with Crippen molar-refractivity contribution in [1.82, 2.24) is 10.3 Å². The molecule has 0 aliphatic carbocycles. The van der Waals surface area contributed by atoms with Crippen LogP contribution in [-0.2, 0) is 4.79 Å². The standard InChI is InChI=1S/C19H18ClN3O2S/c1-11-9-12(2)17-15(10-11)26-19(23-17)22-16(24)7-8-21-18(25)13-3-5-14(20)6-4-13/h3-6,9-10H,7-8H2,1-2H3,(H,21,25)(H,22,23,24). The normalized spacial score (nSPS) is 10.7. The first kappa shape index (κ1) is 18.4. The fourth-order valence-corrected chi connectivity index (χ4v) is 3.78. The highest BCUT2D eigenvalue weighted by atomic mass is 35.5. The Hall–Kier alpha value is -2.44. The van der Waals surface area contributed by atoms with Gasteiger partial charge in [-0.05, 0) is 55.3 Å². The summed E-state index contributed by atoms with van der Waals surface area (Å²) in [5.74, 6) is -0.421. The second-order valence-electron chi connectivity index (χ2n) is 6.01. The third kappa shape index (κ3) is 4.39. The van der Waals surface area contributed by atoms with Crippen LogP contribution in [0.1, 0.15) is 27.9 Å². The summed E-state index contributed by atoms with van der Waals surface area (Å²) < 4.78 is 1.05. The number of carbonyl (C=O) groups excluding carboxylic acids is 2. The largest absolute Gasteiger partial charge is 0.352 e. The number of benzene rings is 2. The van der Waals surface area contributed by atoms with Crippen LogP contribution in [0.25, 0.3) is 10.2 Å². The Morgan fingerprint density at radius 3 is 2.62 bits per heavy atom. The highest BCUT2D eigenvalue weighted by Gasteiger charge is 2.11. The SMILES string of the molecule is Cc1cc(C)c2nc(NC(=O)CCNC(=O)c3ccc(Cl)cc3)sc2c1. The molecule has 0 unspecified atom stereocenters. The van der Waals surface area contributed by atoms with Crippen LogP contribution >= 0.6 is 22.9 Å². The van der Waals surface area contributed by atoms with Crippen molar-refractivity contribution in [2.75, 3.05) is 11.9 Å². The monoisotopic (exact) mass is 387 g/mol. The molecule has 0 radical (unpaired) electrons. The number of halogens is 1.